The number of hydrogen-bond donors (Lipinski definition) is 2. The number of fused-ring (bicyclic) bond motifs is 1. The molecule has 0 fully saturated rings. The third-order valence-electron chi connectivity index (χ3n) is 3.94. The number of aromatic nitrogens is 2. The molecule has 0 saturated heterocycles. The zero-order valence-corrected chi connectivity index (χ0v) is 14.4. The molecule has 0 aliphatic carbocycles. The number of amides is 2. The molecule has 0 atom stereocenters. The Morgan fingerprint density at radius 1 is 1.04 bits per heavy atom. The van der Waals surface area contributed by atoms with Crippen molar-refractivity contribution in [1.82, 2.24) is 10.2 Å². The van der Waals surface area contributed by atoms with Crippen molar-refractivity contribution < 1.29 is 19.1 Å². The normalized spacial score (nSPS) is 10.5. The zero-order valence-electron chi connectivity index (χ0n) is 14.4. The molecular formula is C19H18N4O4. The van der Waals surface area contributed by atoms with Gasteiger partial charge in [0.05, 0.1) is 5.52 Å². The minimum Gasteiger partial charge on any atom is -0.451 e. The summed E-state index contributed by atoms with van der Waals surface area (Å²) in [6.07, 6.45) is -0.00140. The first-order valence-corrected chi connectivity index (χ1v) is 8.30. The Kier molecular flexibility index (Phi) is 5.46. The highest BCUT2D eigenvalue weighted by atomic mass is 16.5. The predicted molar refractivity (Wildman–Crippen MR) is 99.0 cm³/mol. The first-order chi connectivity index (χ1) is 13.1. The molecule has 0 bridgehead atoms. The van der Waals surface area contributed by atoms with Crippen molar-refractivity contribution in [2.75, 3.05) is 18.1 Å². The smallest absolute Gasteiger partial charge is 0.359 e. The molecule has 27 heavy (non-hydrogen) atoms. The molecule has 0 unspecified atom stereocenters. The monoisotopic (exact) mass is 366 g/mol. The summed E-state index contributed by atoms with van der Waals surface area (Å²) in [5.41, 5.74) is 6.58. The molecule has 1 aromatic heterocycles. The van der Waals surface area contributed by atoms with Crippen LogP contribution in [0.3, 0.4) is 0 Å². The van der Waals surface area contributed by atoms with E-state index in [0.717, 1.165) is 0 Å². The molecule has 2 aromatic carbocycles. The lowest BCUT2D eigenvalue weighted by atomic mass is 10.2. The highest BCUT2D eigenvalue weighted by molar-refractivity contribution is 6.03. The van der Waals surface area contributed by atoms with Gasteiger partial charge in [0, 0.05) is 24.0 Å². The topological polar surface area (TPSA) is 118 Å². The van der Waals surface area contributed by atoms with Gasteiger partial charge in [-0.1, -0.05) is 36.4 Å². The van der Waals surface area contributed by atoms with Crippen molar-refractivity contribution >= 4 is 34.4 Å². The number of aromatic amines is 1. The minimum absolute atomic E-state index is 0.00140. The predicted octanol–water partition coefficient (Wildman–Crippen LogP) is 1.63. The fraction of sp³-hybridized carbons (Fsp3) is 0.158. The minimum atomic E-state index is -0.705. The van der Waals surface area contributed by atoms with Gasteiger partial charge in [0.1, 0.15) is 0 Å². The molecule has 0 saturated carbocycles. The average molecular weight is 366 g/mol. The summed E-state index contributed by atoms with van der Waals surface area (Å²) in [6.45, 7) is -0.380. The number of primary amides is 1. The number of nitrogens with one attached hydrogen (secondary N) is 1. The van der Waals surface area contributed by atoms with E-state index in [1.807, 2.05) is 12.1 Å². The number of nitrogens with zero attached hydrogens (tertiary/aromatic N) is 2. The standard InChI is InChI=1S/C19H18N4O4/c20-16(24)10-11-23(13-6-2-1-3-7-13)17(25)12-27-19(26)18-14-8-4-5-9-15(14)21-22-18/h1-9H,10-12H2,(H2,20,24)(H,21,22). The van der Waals surface area contributed by atoms with E-state index in [1.165, 1.54) is 4.90 Å². The van der Waals surface area contributed by atoms with Gasteiger partial charge in [-0.15, -0.1) is 0 Å². The Balaban J connectivity index is 1.69. The molecule has 3 N–H and O–H groups in total. The molecule has 0 radical (unpaired) electrons. The van der Waals surface area contributed by atoms with Gasteiger partial charge in [0.25, 0.3) is 5.91 Å². The molecule has 8 nitrogen and oxygen atoms in total. The molecule has 8 heteroatoms. The first kappa shape index (κ1) is 18.1. The molecule has 0 spiro atoms. The number of carbonyl (C=O) groups excluding carboxylic acids is 3. The van der Waals surface area contributed by atoms with Crippen molar-refractivity contribution in [3.63, 3.8) is 0 Å². The van der Waals surface area contributed by atoms with Gasteiger partial charge in [-0.05, 0) is 18.2 Å². The summed E-state index contributed by atoms with van der Waals surface area (Å²) in [6, 6.07) is 15.9. The molecular weight excluding hydrogens is 348 g/mol. The Bertz CT molecular complexity index is 968. The number of anilines is 1. The zero-order chi connectivity index (χ0) is 19.2. The van der Waals surface area contributed by atoms with Crippen LogP contribution >= 0.6 is 0 Å². The van der Waals surface area contributed by atoms with Crippen LogP contribution in [0.25, 0.3) is 10.9 Å². The van der Waals surface area contributed by atoms with Crippen LogP contribution in [0.4, 0.5) is 5.69 Å². The van der Waals surface area contributed by atoms with Gasteiger partial charge in [-0.2, -0.15) is 5.10 Å². The molecule has 2 amide bonds. The van der Waals surface area contributed by atoms with Crippen LogP contribution in [0.15, 0.2) is 54.6 Å². The number of carbonyl (C=O) groups is 3. The summed E-state index contributed by atoms with van der Waals surface area (Å²) in [4.78, 5) is 37.3. The van der Waals surface area contributed by atoms with Gasteiger partial charge in [-0.25, -0.2) is 4.79 Å². The highest BCUT2D eigenvalue weighted by Crippen LogP contribution is 2.17. The Hall–Kier alpha value is -3.68. The van der Waals surface area contributed by atoms with E-state index in [9.17, 15) is 14.4 Å². The van der Waals surface area contributed by atoms with E-state index >= 15 is 0 Å². The van der Waals surface area contributed by atoms with Crippen LogP contribution in [0.5, 0.6) is 0 Å². The number of benzene rings is 2. The van der Waals surface area contributed by atoms with Crippen LogP contribution < -0.4 is 10.6 Å². The summed E-state index contributed by atoms with van der Waals surface area (Å²) in [5.74, 6) is -1.69. The van der Waals surface area contributed by atoms with Gasteiger partial charge >= 0.3 is 5.97 Å². The second-order valence-electron chi connectivity index (χ2n) is 5.79. The average Bonchev–Trinajstić information content (AvgIpc) is 3.11. The Labute approximate surface area is 154 Å². The van der Waals surface area contributed by atoms with Crippen molar-refractivity contribution in [3.05, 3.63) is 60.3 Å². The number of ether oxygens (including phenoxy) is 1. The van der Waals surface area contributed by atoms with E-state index in [1.54, 1.807) is 42.5 Å². The summed E-state index contributed by atoms with van der Waals surface area (Å²) < 4.78 is 5.14. The fourth-order valence-electron chi connectivity index (χ4n) is 2.62. The molecule has 138 valence electrons. The number of hydrogen-bond acceptors (Lipinski definition) is 5. The number of rotatable bonds is 7. The SMILES string of the molecule is NC(=O)CCN(C(=O)COC(=O)c1n[nH]c2ccccc12)c1ccccc1. The largest absolute Gasteiger partial charge is 0.451 e. The van der Waals surface area contributed by atoms with Crippen LogP contribution in [-0.2, 0) is 14.3 Å². The van der Waals surface area contributed by atoms with E-state index in [4.69, 9.17) is 10.5 Å². The second-order valence-corrected chi connectivity index (χ2v) is 5.79. The molecule has 1 heterocycles. The maximum absolute atomic E-state index is 12.6. The molecule has 3 rings (SSSR count). The molecule has 0 aliphatic rings. The quantitative estimate of drug-likeness (QED) is 0.616. The third-order valence-corrected chi connectivity index (χ3v) is 3.94. The van der Waals surface area contributed by atoms with Gasteiger partial charge in [0.2, 0.25) is 5.91 Å². The van der Waals surface area contributed by atoms with Crippen molar-refractivity contribution in [2.45, 2.75) is 6.42 Å². The lowest BCUT2D eigenvalue weighted by Gasteiger charge is -2.22. The fourth-order valence-corrected chi connectivity index (χ4v) is 2.62. The molecule has 0 aliphatic heterocycles. The van der Waals surface area contributed by atoms with Gasteiger partial charge in [-0.3, -0.25) is 14.7 Å². The van der Waals surface area contributed by atoms with Gasteiger partial charge < -0.3 is 15.4 Å². The first-order valence-electron chi connectivity index (χ1n) is 8.30. The number of para-hydroxylation sites is 2. The lowest BCUT2D eigenvalue weighted by molar-refractivity contribution is -0.121. The lowest BCUT2D eigenvalue weighted by Crippen LogP contribution is -2.37. The van der Waals surface area contributed by atoms with Crippen LogP contribution in [0, 0.1) is 0 Å². The summed E-state index contributed by atoms with van der Waals surface area (Å²) in [5, 5.41) is 7.31. The maximum Gasteiger partial charge on any atom is 0.359 e. The molecule has 3 aromatic rings. The van der Waals surface area contributed by atoms with Gasteiger partial charge in [0.15, 0.2) is 12.3 Å². The maximum atomic E-state index is 12.6. The van der Waals surface area contributed by atoms with Crippen molar-refractivity contribution in [2.24, 2.45) is 5.73 Å². The highest BCUT2D eigenvalue weighted by Gasteiger charge is 2.21. The second kappa shape index (κ2) is 8.13. The number of nitrogens with two attached hydrogens (primary N) is 1. The van der Waals surface area contributed by atoms with Crippen LogP contribution in [0.1, 0.15) is 16.9 Å². The van der Waals surface area contributed by atoms with E-state index in [-0.39, 0.29) is 18.7 Å². The van der Waals surface area contributed by atoms with Crippen molar-refractivity contribution in [3.8, 4) is 0 Å². The third kappa shape index (κ3) is 4.30. The van der Waals surface area contributed by atoms with E-state index in [2.05, 4.69) is 10.2 Å². The van der Waals surface area contributed by atoms with E-state index in [0.29, 0.717) is 16.6 Å². The van der Waals surface area contributed by atoms with Crippen LogP contribution in [0.2, 0.25) is 0 Å². The van der Waals surface area contributed by atoms with Crippen molar-refractivity contribution in [1.29, 1.82) is 0 Å². The Morgan fingerprint density at radius 2 is 1.74 bits per heavy atom. The van der Waals surface area contributed by atoms with Crippen LogP contribution in [-0.4, -0.2) is 41.1 Å². The number of esters is 1. The van der Waals surface area contributed by atoms with E-state index < -0.39 is 24.4 Å². The number of H-pyrrole nitrogens is 1. The summed E-state index contributed by atoms with van der Waals surface area (Å²) >= 11 is 0. The summed E-state index contributed by atoms with van der Waals surface area (Å²) in [7, 11) is 0. The Morgan fingerprint density at radius 3 is 2.48 bits per heavy atom.